The Labute approximate surface area is 97.0 Å². The Morgan fingerprint density at radius 1 is 0.571 bits per heavy atom. The monoisotopic (exact) mass is 168 g/mol. The van der Waals surface area contributed by atoms with Crippen LogP contribution < -0.4 is 59.1 Å². The van der Waals surface area contributed by atoms with Gasteiger partial charge in [0.2, 0.25) is 0 Å². The Hall–Kier alpha value is 2.37. The summed E-state index contributed by atoms with van der Waals surface area (Å²) in [5.41, 5.74) is 0. The Kier molecular flexibility index (Phi) is 1350. The topological polar surface area (TPSA) is 123 Å². The predicted octanol–water partition coefficient (Wildman–Crippen LogP) is -8.00. The molecule has 0 amide bonds. The zero-order valence-corrected chi connectivity index (χ0v) is 9.58. The summed E-state index contributed by atoms with van der Waals surface area (Å²) >= 11 is 0. The Morgan fingerprint density at radius 2 is 0.571 bits per heavy atom. The summed E-state index contributed by atoms with van der Waals surface area (Å²) in [6.07, 6.45) is 0. The molecule has 0 aromatic heterocycles. The molecule has 0 aliphatic carbocycles. The second-order valence-electron chi connectivity index (χ2n) is 0. The molecule has 0 rings (SSSR count). The summed E-state index contributed by atoms with van der Waals surface area (Å²) in [4.78, 5) is 0. The Balaban J connectivity index is 0. The molecule has 0 fully saturated rings. The zero-order valence-electron chi connectivity index (χ0n) is 4.30. The van der Waals surface area contributed by atoms with E-state index in [4.69, 9.17) is 0 Å². The first kappa shape index (κ1) is 117. The maximum Gasteiger partial charge on any atom is 1.00 e. The summed E-state index contributed by atoms with van der Waals surface area (Å²) in [6, 6.07) is 0. The van der Waals surface area contributed by atoms with Crippen molar-refractivity contribution < 1.29 is 98.4 Å². The van der Waals surface area contributed by atoms with Crippen LogP contribution in [0.1, 0.15) is 0 Å². The van der Waals surface area contributed by atoms with E-state index in [0.29, 0.717) is 0 Å². The molecule has 0 heterocycles. The van der Waals surface area contributed by atoms with Crippen molar-refractivity contribution in [1.29, 1.82) is 0 Å². The minimum atomic E-state index is 0. The van der Waals surface area contributed by atoms with Gasteiger partial charge in [0, 0.05) is 17.4 Å². The molecule has 0 atom stereocenters. The molecule has 0 unspecified atom stereocenters. The van der Waals surface area contributed by atoms with Gasteiger partial charge in [-0.05, 0) is 0 Å². The van der Waals surface area contributed by atoms with E-state index in [1.165, 1.54) is 0 Å². The van der Waals surface area contributed by atoms with Crippen LogP contribution in [0.5, 0.6) is 0 Å². The van der Waals surface area contributed by atoms with Gasteiger partial charge in [-0.25, -0.2) is 0 Å². The van der Waals surface area contributed by atoms with Gasteiger partial charge >= 0.3 is 59.1 Å². The third-order valence-electron chi connectivity index (χ3n) is 0. The van der Waals surface area contributed by atoms with Gasteiger partial charge in [0.15, 0.2) is 0 Å². The minimum absolute atomic E-state index is 0. The zero-order chi connectivity index (χ0) is 0. The Bertz CT molecular complexity index is 9.65. The fraction of sp³-hybridized carbons (Fsp3) is 0. The van der Waals surface area contributed by atoms with Crippen molar-refractivity contribution in [3.05, 3.63) is 0 Å². The van der Waals surface area contributed by atoms with Crippen molar-refractivity contribution in [3.8, 4) is 0 Å². The maximum absolute atomic E-state index is 0. The van der Waals surface area contributed by atoms with Crippen molar-refractivity contribution in [1.82, 2.24) is 0 Å². The van der Waals surface area contributed by atoms with Crippen molar-refractivity contribution >= 4 is 0 Å². The van der Waals surface area contributed by atoms with Gasteiger partial charge < -0.3 is 21.9 Å². The average molecular weight is 168 g/mol. The van der Waals surface area contributed by atoms with Crippen LogP contribution in [0.2, 0.25) is 0 Å². The molecule has 7 heavy (non-hydrogen) atoms. The molecule has 0 saturated heterocycles. The largest absolute Gasteiger partial charge is 1.00 e. The molecule has 7 heteroatoms. The van der Waals surface area contributed by atoms with Crippen LogP contribution in [0.15, 0.2) is 0 Å². The molecule has 4 nitrogen and oxygen atoms in total. The van der Waals surface area contributed by atoms with Crippen LogP contribution in [0.4, 0.5) is 0 Å². The molecule has 0 aromatic rings. The van der Waals surface area contributed by atoms with Crippen molar-refractivity contribution in [2.75, 3.05) is 0 Å². The summed E-state index contributed by atoms with van der Waals surface area (Å²) < 4.78 is 0. The first-order valence-electron chi connectivity index (χ1n) is 0. The van der Waals surface area contributed by atoms with Gasteiger partial charge in [-0.15, -0.1) is 0 Å². The van der Waals surface area contributed by atoms with Gasteiger partial charge in [-0.2, -0.15) is 0 Å². The van der Waals surface area contributed by atoms with Crippen molar-refractivity contribution in [3.63, 3.8) is 0 Å². The van der Waals surface area contributed by atoms with Gasteiger partial charge in [0.25, 0.3) is 0 Å². The van der Waals surface area contributed by atoms with Gasteiger partial charge in [0.1, 0.15) is 0 Å². The van der Waals surface area contributed by atoms with E-state index in [0.717, 1.165) is 0 Å². The smallest absolute Gasteiger partial charge is 0.870 e. The van der Waals surface area contributed by atoms with Crippen LogP contribution in [-0.4, -0.2) is 21.9 Å². The molecule has 0 spiro atoms. The van der Waals surface area contributed by atoms with Crippen molar-refractivity contribution in [2.24, 2.45) is 0 Å². The van der Waals surface area contributed by atoms with Crippen LogP contribution >= 0.6 is 0 Å². The molecule has 0 bridgehead atoms. The van der Waals surface area contributed by atoms with Gasteiger partial charge in [-0.1, -0.05) is 0 Å². The SMILES string of the molecule is O.O.[Cr].[Na+].[Na+].[OH-].[OH-]. The quantitative estimate of drug-likeness (QED) is 0.333. The number of rotatable bonds is 0. The van der Waals surface area contributed by atoms with E-state index in [1.54, 1.807) is 0 Å². The van der Waals surface area contributed by atoms with E-state index >= 15 is 0 Å². The van der Waals surface area contributed by atoms with E-state index in [2.05, 4.69) is 0 Å². The van der Waals surface area contributed by atoms with Crippen LogP contribution in [0, 0.1) is 0 Å². The molecule has 0 aliphatic heterocycles. The third kappa shape index (κ3) is 60.4. The second-order valence-corrected chi connectivity index (χ2v) is 0. The van der Waals surface area contributed by atoms with Gasteiger partial charge in [0.05, 0.1) is 0 Å². The van der Waals surface area contributed by atoms with Crippen LogP contribution in [-0.2, 0) is 17.4 Å². The molecule has 0 saturated carbocycles. The van der Waals surface area contributed by atoms with Crippen molar-refractivity contribution in [2.45, 2.75) is 0 Å². The molecular formula is H6CrNa2O4. The summed E-state index contributed by atoms with van der Waals surface area (Å²) in [7, 11) is 0. The fourth-order valence-corrected chi connectivity index (χ4v) is 0. The molecule has 0 aliphatic rings. The van der Waals surface area contributed by atoms with Gasteiger partial charge in [-0.3, -0.25) is 0 Å². The first-order chi connectivity index (χ1) is 0. The second kappa shape index (κ2) is 80.8. The molecule has 0 aromatic carbocycles. The molecule has 0 radical (unpaired) electrons. The molecular weight excluding hydrogens is 162 g/mol. The molecule has 6 N–H and O–H groups in total. The molecule has 38 valence electrons. The van der Waals surface area contributed by atoms with Crippen LogP contribution in [0.3, 0.4) is 0 Å². The fourth-order valence-electron chi connectivity index (χ4n) is 0. The summed E-state index contributed by atoms with van der Waals surface area (Å²) in [5.74, 6) is 0. The number of hydrogen-bond donors (Lipinski definition) is 0. The number of hydrogen-bond acceptors (Lipinski definition) is 2. The minimum Gasteiger partial charge on any atom is -0.870 e. The van der Waals surface area contributed by atoms with E-state index in [-0.39, 0.29) is 98.4 Å². The Morgan fingerprint density at radius 3 is 0.571 bits per heavy atom. The third-order valence-corrected chi connectivity index (χ3v) is 0. The normalized spacial score (nSPS) is 0. The maximum atomic E-state index is 0. The first-order valence-corrected chi connectivity index (χ1v) is 0. The summed E-state index contributed by atoms with van der Waals surface area (Å²) in [5, 5.41) is 0. The summed E-state index contributed by atoms with van der Waals surface area (Å²) in [6.45, 7) is 0. The van der Waals surface area contributed by atoms with Crippen LogP contribution in [0.25, 0.3) is 0 Å². The predicted molar refractivity (Wildman–Crippen MR) is 11.1 cm³/mol. The van der Waals surface area contributed by atoms with E-state index < -0.39 is 0 Å². The average Bonchev–Trinajstić information content (AvgIpc) is 0. The van der Waals surface area contributed by atoms with E-state index in [1.807, 2.05) is 0 Å². The van der Waals surface area contributed by atoms with E-state index in [9.17, 15) is 0 Å². The standard InChI is InChI=1S/Cr.2Na.4H2O/h;;;4*1H2/q;2*+1;;;;/p-2.